The molecule has 29 heavy (non-hydrogen) atoms. The average Bonchev–Trinajstić information content (AvgIpc) is 3.10. The van der Waals surface area contributed by atoms with Crippen LogP contribution >= 0.6 is 11.8 Å². The van der Waals surface area contributed by atoms with Gasteiger partial charge in [0.05, 0.1) is 36.5 Å². The lowest BCUT2D eigenvalue weighted by Crippen LogP contribution is -2.15. The van der Waals surface area contributed by atoms with Crippen molar-refractivity contribution in [2.75, 3.05) is 24.3 Å². The van der Waals surface area contributed by atoms with E-state index in [2.05, 4.69) is 10.3 Å². The van der Waals surface area contributed by atoms with E-state index in [1.54, 1.807) is 6.07 Å². The van der Waals surface area contributed by atoms with Crippen LogP contribution in [0.15, 0.2) is 59.9 Å². The molecule has 0 atom stereocenters. The molecule has 2 aromatic carbocycles. The number of aromatic nitrogens is 2. The first-order valence-corrected chi connectivity index (χ1v) is 10.5. The molecule has 1 heterocycles. The minimum absolute atomic E-state index is 0.131. The summed E-state index contributed by atoms with van der Waals surface area (Å²) in [5, 5.41) is 3.70. The van der Waals surface area contributed by atoms with E-state index in [4.69, 9.17) is 9.47 Å². The predicted molar refractivity (Wildman–Crippen MR) is 117 cm³/mol. The lowest BCUT2D eigenvalue weighted by Gasteiger charge is -2.13. The monoisotopic (exact) mass is 411 g/mol. The van der Waals surface area contributed by atoms with Gasteiger partial charge in [0.1, 0.15) is 11.5 Å². The van der Waals surface area contributed by atoms with Gasteiger partial charge in [0, 0.05) is 13.1 Å². The van der Waals surface area contributed by atoms with Gasteiger partial charge in [-0.05, 0) is 31.5 Å². The van der Waals surface area contributed by atoms with Crippen molar-refractivity contribution in [3.8, 4) is 22.8 Å². The largest absolute Gasteiger partial charge is 0.494 e. The maximum atomic E-state index is 12.5. The second kappa shape index (κ2) is 10.0. The van der Waals surface area contributed by atoms with E-state index in [1.165, 1.54) is 11.8 Å². The third-order valence-electron chi connectivity index (χ3n) is 4.18. The number of carbonyl (C=O) groups excluding carboxylic acids is 1. The number of imidazole rings is 1. The highest BCUT2D eigenvalue weighted by Gasteiger charge is 2.13. The molecule has 3 aromatic rings. The zero-order valence-electron chi connectivity index (χ0n) is 16.8. The lowest BCUT2D eigenvalue weighted by molar-refractivity contribution is -0.113. The maximum Gasteiger partial charge on any atom is 0.234 e. The molecule has 0 radical (unpaired) electrons. The van der Waals surface area contributed by atoms with E-state index in [0.717, 1.165) is 16.4 Å². The quantitative estimate of drug-likeness (QED) is 0.521. The summed E-state index contributed by atoms with van der Waals surface area (Å²) in [4.78, 5) is 17.0. The summed E-state index contributed by atoms with van der Waals surface area (Å²) in [5.74, 6) is 1.42. The van der Waals surface area contributed by atoms with Gasteiger partial charge in [-0.3, -0.25) is 4.79 Å². The van der Waals surface area contributed by atoms with Crippen molar-refractivity contribution in [2.45, 2.75) is 19.0 Å². The highest BCUT2D eigenvalue weighted by molar-refractivity contribution is 7.99. The van der Waals surface area contributed by atoms with Crippen molar-refractivity contribution in [3.63, 3.8) is 0 Å². The predicted octanol–water partition coefficient (Wildman–Crippen LogP) is 4.62. The summed E-state index contributed by atoms with van der Waals surface area (Å²) in [6, 6.07) is 15.5. The molecular formula is C22H25N3O3S. The van der Waals surface area contributed by atoms with Crippen molar-refractivity contribution in [1.29, 1.82) is 0 Å². The zero-order valence-corrected chi connectivity index (χ0v) is 17.7. The Labute approximate surface area is 175 Å². The Morgan fingerprint density at radius 2 is 1.86 bits per heavy atom. The number of hydrogen-bond donors (Lipinski definition) is 1. The fourth-order valence-corrected chi connectivity index (χ4v) is 3.62. The van der Waals surface area contributed by atoms with Gasteiger partial charge >= 0.3 is 0 Å². The number of anilines is 1. The Bertz CT molecular complexity index is 957. The Morgan fingerprint density at radius 1 is 1.10 bits per heavy atom. The molecule has 3 rings (SSSR count). The number of nitrogens with one attached hydrogen (secondary N) is 1. The van der Waals surface area contributed by atoms with E-state index in [9.17, 15) is 4.79 Å². The number of thioether (sulfide) groups is 1. The van der Waals surface area contributed by atoms with Crippen molar-refractivity contribution in [2.24, 2.45) is 7.05 Å². The molecule has 0 saturated carbocycles. The number of benzene rings is 2. The Kier molecular flexibility index (Phi) is 7.19. The molecule has 0 aliphatic carbocycles. The highest BCUT2D eigenvalue weighted by Crippen LogP contribution is 2.30. The van der Waals surface area contributed by atoms with Crippen LogP contribution in [-0.4, -0.2) is 34.4 Å². The molecule has 1 amide bonds. The minimum Gasteiger partial charge on any atom is -0.494 e. The van der Waals surface area contributed by atoms with Crippen LogP contribution < -0.4 is 14.8 Å². The van der Waals surface area contributed by atoms with Crippen molar-refractivity contribution < 1.29 is 14.3 Å². The number of rotatable bonds is 9. The van der Waals surface area contributed by atoms with Crippen LogP contribution in [0.4, 0.5) is 5.69 Å². The van der Waals surface area contributed by atoms with Crippen LogP contribution in [0.5, 0.6) is 11.5 Å². The molecule has 0 fully saturated rings. The third-order valence-corrected chi connectivity index (χ3v) is 5.23. The van der Waals surface area contributed by atoms with Gasteiger partial charge in [-0.25, -0.2) is 4.98 Å². The van der Waals surface area contributed by atoms with Gasteiger partial charge < -0.3 is 19.4 Å². The molecule has 0 spiro atoms. The maximum absolute atomic E-state index is 12.5. The summed E-state index contributed by atoms with van der Waals surface area (Å²) in [6.07, 6.45) is 1.83. The number of carbonyl (C=O) groups is 1. The number of hydrogen-bond acceptors (Lipinski definition) is 5. The fourth-order valence-electron chi connectivity index (χ4n) is 2.86. The molecule has 0 aliphatic heterocycles. The van der Waals surface area contributed by atoms with Gasteiger partial charge in [0.25, 0.3) is 0 Å². The summed E-state index contributed by atoms with van der Waals surface area (Å²) in [5.41, 5.74) is 2.71. The first-order valence-electron chi connectivity index (χ1n) is 9.51. The van der Waals surface area contributed by atoms with Crippen LogP contribution in [0, 0.1) is 0 Å². The Balaban J connectivity index is 1.66. The van der Waals surface area contributed by atoms with Crippen LogP contribution in [-0.2, 0) is 11.8 Å². The summed E-state index contributed by atoms with van der Waals surface area (Å²) < 4.78 is 13.1. The fraction of sp³-hybridized carbons (Fsp3) is 0.273. The second-order valence-electron chi connectivity index (χ2n) is 6.21. The normalized spacial score (nSPS) is 10.6. The van der Waals surface area contributed by atoms with E-state index < -0.39 is 0 Å². The van der Waals surface area contributed by atoms with Gasteiger partial charge in [0.2, 0.25) is 5.91 Å². The van der Waals surface area contributed by atoms with Gasteiger partial charge in [-0.1, -0.05) is 42.1 Å². The first-order chi connectivity index (χ1) is 14.1. The van der Waals surface area contributed by atoms with E-state index in [-0.39, 0.29) is 11.7 Å². The topological polar surface area (TPSA) is 65.4 Å². The summed E-state index contributed by atoms with van der Waals surface area (Å²) in [7, 11) is 1.95. The molecule has 0 aliphatic rings. The summed E-state index contributed by atoms with van der Waals surface area (Å²) in [6.45, 7) is 4.90. The van der Waals surface area contributed by atoms with Gasteiger partial charge in [-0.15, -0.1) is 0 Å². The molecule has 7 heteroatoms. The van der Waals surface area contributed by atoms with Crippen molar-refractivity contribution in [1.82, 2.24) is 9.55 Å². The standard InChI is InChI=1S/C22H25N3O3S/c1-4-27-17-11-12-20(28-5-2)18(13-17)24-21(26)15-29-22-23-14-19(25(22)3)16-9-7-6-8-10-16/h6-14H,4-5,15H2,1-3H3,(H,24,26). The molecular weight excluding hydrogens is 386 g/mol. The minimum atomic E-state index is -0.131. The van der Waals surface area contributed by atoms with Crippen LogP contribution in [0.25, 0.3) is 11.3 Å². The lowest BCUT2D eigenvalue weighted by atomic mass is 10.2. The zero-order chi connectivity index (χ0) is 20.6. The number of amides is 1. The van der Waals surface area contributed by atoms with Crippen LogP contribution in [0.3, 0.4) is 0 Å². The van der Waals surface area contributed by atoms with E-state index >= 15 is 0 Å². The van der Waals surface area contributed by atoms with E-state index in [1.807, 2.05) is 74.1 Å². The van der Waals surface area contributed by atoms with Gasteiger partial charge in [0.15, 0.2) is 5.16 Å². The van der Waals surface area contributed by atoms with E-state index in [0.29, 0.717) is 30.4 Å². The molecule has 0 bridgehead atoms. The second-order valence-corrected chi connectivity index (χ2v) is 7.15. The highest BCUT2D eigenvalue weighted by atomic mass is 32.2. The smallest absolute Gasteiger partial charge is 0.234 e. The number of ether oxygens (including phenoxy) is 2. The SMILES string of the molecule is CCOc1ccc(OCC)c(NC(=O)CSc2ncc(-c3ccccc3)n2C)c1. The Morgan fingerprint density at radius 3 is 2.59 bits per heavy atom. The molecule has 152 valence electrons. The average molecular weight is 412 g/mol. The molecule has 0 saturated heterocycles. The first kappa shape index (κ1) is 20.8. The summed E-state index contributed by atoms with van der Waals surface area (Å²) >= 11 is 1.39. The van der Waals surface area contributed by atoms with Crippen LogP contribution in [0.1, 0.15) is 13.8 Å². The molecule has 6 nitrogen and oxygen atoms in total. The van der Waals surface area contributed by atoms with Gasteiger partial charge in [-0.2, -0.15) is 0 Å². The number of nitrogens with zero attached hydrogens (tertiary/aromatic N) is 2. The van der Waals surface area contributed by atoms with Crippen molar-refractivity contribution >= 4 is 23.4 Å². The third kappa shape index (κ3) is 5.32. The van der Waals surface area contributed by atoms with Crippen LogP contribution in [0.2, 0.25) is 0 Å². The van der Waals surface area contributed by atoms with Crippen molar-refractivity contribution in [3.05, 3.63) is 54.7 Å². The molecule has 1 N–H and O–H groups in total. The Hall–Kier alpha value is -2.93. The molecule has 1 aromatic heterocycles. The molecule has 0 unspecified atom stereocenters.